The Labute approximate surface area is 223 Å². The zero-order valence-electron chi connectivity index (χ0n) is 21.7. The molecule has 9 heteroatoms. The van der Waals surface area contributed by atoms with Gasteiger partial charge >= 0.3 is 0 Å². The van der Waals surface area contributed by atoms with Crippen molar-refractivity contribution in [2.45, 2.75) is 39.2 Å². The van der Waals surface area contributed by atoms with Crippen LogP contribution < -0.4 is 20.7 Å². The van der Waals surface area contributed by atoms with E-state index in [4.69, 9.17) is 5.73 Å². The molecule has 0 fully saturated rings. The predicted octanol–water partition coefficient (Wildman–Crippen LogP) is 4.82. The van der Waals surface area contributed by atoms with E-state index < -0.39 is 21.5 Å². The fourth-order valence-electron chi connectivity index (χ4n) is 4.42. The van der Waals surface area contributed by atoms with Gasteiger partial charge in [-0.1, -0.05) is 61.9 Å². The number of primary amides is 1. The first-order valence-corrected chi connectivity index (χ1v) is 14.1. The molecule has 8 nitrogen and oxygen atoms in total. The Morgan fingerprint density at radius 3 is 2.24 bits per heavy atom. The van der Waals surface area contributed by atoms with E-state index in [-0.39, 0.29) is 11.7 Å². The van der Waals surface area contributed by atoms with Gasteiger partial charge in [-0.2, -0.15) is 0 Å². The quantitative estimate of drug-likeness (QED) is 0.323. The third-order valence-corrected chi connectivity index (χ3v) is 8.53. The summed E-state index contributed by atoms with van der Waals surface area (Å²) < 4.78 is 27.6. The number of hydrogen-bond acceptors (Lipinski definition) is 5. The summed E-state index contributed by atoms with van der Waals surface area (Å²) in [5, 5.41) is 6.28. The molecule has 0 bridgehead atoms. The van der Waals surface area contributed by atoms with Gasteiger partial charge in [0, 0.05) is 16.9 Å². The molecular weight excluding hydrogens is 500 g/mol. The number of unbranched alkanes of at least 4 members (excludes halogenated alkanes) is 1. The summed E-state index contributed by atoms with van der Waals surface area (Å²) >= 11 is 0. The van der Waals surface area contributed by atoms with E-state index in [0.717, 1.165) is 21.1 Å². The number of hydrogen-bond donors (Lipinski definition) is 3. The third-order valence-electron chi connectivity index (χ3n) is 6.50. The molecule has 4 N–H and O–H groups in total. The number of anilines is 3. The molecule has 3 aromatic carbocycles. The van der Waals surface area contributed by atoms with Crippen LogP contribution in [0.15, 0.2) is 78.9 Å². The minimum Gasteiger partial charge on any atom is -0.368 e. The van der Waals surface area contributed by atoms with Crippen LogP contribution in [0.2, 0.25) is 0 Å². The number of carbonyl (C=O) groups is 2. The molecule has 198 valence electrons. The Hall–Kier alpha value is -4.11. The van der Waals surface area contributed by atoms with E-state index in [1.165, 1.54) is 13.8 Å². The molecule has 0 atom stereocenters. The Morgan fingerprint density at radius 1 is 0.974 bits per heavy atom. The molecule has 38 heavy (non-hydrogen) atoms. The van der Waals surface area contributed by atoms with Crippen LogP contribution in [0.25, 0.3) is 11.3 Å². The largest absolute Gasteiger partial charge is 0.368 e. The summed E-state index contributed by atoms with van der Waals surface area (Å²) in [5.41, 5.74) is 8.58. The zero-order chi connectivity index (χ0) is 27.5. The maximum Gasteiger partial charge on any atom is 0.258 e. The van der Waals surface area contributed by atoms with E-state index in [1.807, 2.05) is 61.5 Å². The summed E-state index contributed by atoms with van der Waals surface area (Å²) in [6.07, 6.45) is 1.16. The van der Waals surface area contributed by atoms with E-state index in [9.17, 15) is 18.0 Å². The lowest BCUT2D eigenvalue weighted by Crippen LogP contribution is -2.56. The van der Waals surface area contributed by atoms with Gasteiger partial charge in [0.05, 0.1) is 22.7 Å². The summed E-state index contributed by atoms with van der Waals surface area (Å²) in [5.74, 6) is -1.06. The number of benzene rings is 3. The number of nitrogens with one attached hydrogen (secondary N) is 2. The first-order chi connectivity index (χ1) is 18.1. The summed E-state index contributed by atoms with van der Waals surface area (Å²) in [6.45, 7) is 4.90. The lowest BCUT2D eigenvalue weighted by atomic mass is 10.00. The zero-order valence-corrected chi connectivity index (χ0v) is 22.5. The molecule has 1 aliphatic heterocycles. The number of amides is 2. The molecule has 0 radical (unpaired) electrons. The van der Waals surface area contributed by atoms with Gasteiger partial charge in [-0.15, -0.1) is 0 Å². The summed E-state index contributed by atoms with van der Waals surface area (Å²) in [6, 6.07) is 23.7. The molecule has 1 heterocycles. The van der Waals surface area contributed by atoms with Crippen LogP contribution in [0.1, 0.15) is 44.7 Å². The molecular formula is C29H32N4O4S. The number of sulfonamides is 1. The van der Waals surface area contributed by atoms with Gasteiger partial charge < -0.3 is 16.4 Å². The maximum atomic E-state index is 13.3. The second-order valence-electron chi connectivity index (χ2n) is 9.64. The third kappa shape index (κ3) is 5.28. The fourth-order valence-corrected chi connectivity index (χ4v) is 6.49. The number of nitrogens with two attached hydrogens (primary N) is 1. The van der Waals surface area contributed by atoms with Crippen molar-refractivity contribution in [3.05, 3.63) is 90.0 Å². The minimum absolute atomic E-state index is 0.0982. The van der Waals surface area contributed by atoms with Gasteiger partial charge in [-0.25, -0.2) is 8.42 Å². The number of para-hydroxylation sites is 1. The molecule has 3 aromatic rings. The highest BCUT2D eigenvalue weighted by Gasteiger charge is 2.40. The minimum atomic E-state index is -3.82. The SMILES string of the molecule is CCCCS(=O)(=O)N(c1ccc(N/C(=C2\C(=O)Nc3ccccc32)c2ccccc2)cc1)C(C)(C)C(N)=O. The van der Waals surface area contributed by atoms with Gasteiger partial charge in [-0.3, -0.25) is 13.9 Å². The number of fused-ring (bicyclic) bond motifs is 1. The van der Waals surface area contributed by atoms with E-state index >= 15 is 0 Å². The van der Waals surface area contributed by atoms with Gasteiger partial charge in [0.25, 0.3) is 5.91 Å². The molecule has 0 unspecified atom stereocenters. The van der Waals surface area contributed by atoms with Crippen LogP contribution in [0, 0.1) is 0 Å². The molecule has 1 aliphatic rings. The predicted molar refractivity (Wildman–Crippen MR) is 153 cm³/mol. The highest BCUT2D eigenvalue weighted by molar-refractivity contribution is 7.92. The molecule has 0 spiro atoms. The Bertz CT molecular complexity index is 1480. The molecule has 0 aromatic heterocycles. The first-order valence-electron chi connectivity index (χ1n) is 12.5. The molecule has 2 amide bonds. The average molecular weight is 533 g/mol. The van der Waals surface area contributed by atoms with Gasteiger partial charge in [-0.05, 0) is 56.2 Å². The van der Waals surface area contributed by atoms with Crippen LogP contribution in [-0.4, -0.2) is 31.5 Å². The maximum absolute atomic E-state index is 13.3. The number of carbonyl (C=O) groups excluding carboxylic acids is 2. The van der Waals surface area contributed by atoms with Crippen molar-refractivity contribution in [3.8, 4) is 0 Å². The van der Waals surface area contributed by atoms with Crippen LogP contribution >= 0.6 is 0 Å². The monoisotopic (exact) mass is 532 g/mol. The van der Waals surface area contributed by atoms with Crippen LogP contribution in [0.4, 0.5) is 17.1 Å². The topological polar surface area (TPSA) is 122 Å². The summed E-state index contributed by atoms with van der Waals surface area (Å²) in [7, 11) is -3.82. The van der Waals surface area contributed by atoms with Crippen LogP contribution in [0.3, 0.4) is 0 Å². The molecule has 0 aliphatic carbocycles. The van der Waals surface area contributed by atoms with Crippen molar-refractivity contribution in [2.24, 2.45) is 5.73 Å². The normalized spacial score (nSPS) is 14.4. The van der Waals surface area contributed by atoms with Gasteiger partial charge in [0.1, 0.15) is 5.54 Å². The average Bonchev–Trinajstić information content (AvgIpc) is 3.22. The second-order valence-corrected chi connectivity index (χ2v) is 11.6. The first kappa shape index (κ1) is 26.9. The van der Waals surface area contributed by atoms with Crippen molar-refractivity contribution in [1.29, 1.82) is 0 Å². The van der Waals surface area contributed by atoms with E-state index in [1.54, 1.807) is 24.3 Å². The Morgan fingerprint density at radius 2 is 1.61 bits per heavy atom. The highest BCUT2D eigenvalue weighted by Crippen LogP contribution is 2.38. The van der Waals surface area contributed by atoms with Crippen LogP contribution in [0.5, 0.6) is 0 Å². The van der Waals surface area contributed by atoms with Gasteiger partial charge in [0.2, 0.25) is 15.9 Å². The number of rotatable bonds is 10. The van der Waals surface area contributed by atoms with Crippen LogP contribution in [-0.2, 0) is 19.6 Å². The number of nitrogens with zero attached hydrogens (tertiary/aromatic N) is 1. The lowest BCUT2D eigenvalue weighted by Gasteiger charge is -2.36. The lowest BCUT2D eigenvalue weighted by molar-refractivity contribution is -0.121. The second kappa shape index (κ2) is 10.7. The fraction of sp³-hybridized carbons (Fsp3) is 0.241. The van der Waals surface area contributed by atoms with Gasteiger partial charge in [0.15, 0.2) is 0 Å². The highest BCUT2D eigenvalue weighted by atomic mass is 32.2. The molecule has 0 saturated heterocycles. The summed E-state index contributed by atoms with van der Waals surface area (Å²) in [4.78, 5) is 25.3. The van der Waals surface area contributed by atoms with Crippen molar-refractivity contribution < 1.29 is 18.0 Å². The molecule has 0 saturated carbocycles. The van der Waals surface area contributed by atoms with Crippen molar-refractivity contribution in [2.75, 3.05) is 20.7 Å². The standard InChI is InChI=1S/C29H32N4O4S/c1-4-5-19-38(36,37)33(29(2,3)28(30)35)22-17-15-21(16-18-22)31-26(20-11-7-6-8-12-20)25-23-13-9-10-14-24(23)32-27(25)34/h6-18,31H,4-5,19H2,1-3H3,(H2,30,35)(H,32,34)/b26-25-. The van der Waals surface area contributed by atoms with Crippen molar-refractivity contribution in [3.63, 3.8) is 0 Å². The van der Waals surface area contributed by atoms with Crippen molar-refractivity contribution in [1.82, 2.24) is 0 Å². The van der Waals surface area contributed by atoms with E-state index in [0.29, 0.717) is 35.5 Å². The molecule has 4 rings (SSSR count). The Balaban J connectivity index is 1.76. The van der Waals surface area contributed by atoms with E-state index in [2.05, 4.69) is 10.6 Å². The van der Waals surface area contributed by atoms with Crippen molar-refractivity contribution >= 4 is 50.2 Å². The Kier molecular flexibility index (Phi) is 7.59. The smallest absolute Gasteiger partial charge is 0.258 e.